The fraction of sp³-hybridized carbons (Fsp3) is 0.304. The average Bonchev–Trinajstić information content (AvgIpc) is 3.27. The van der Waals surface area contributed by atoms with Gasteiger partial charge in [-0.25, -0.2) is 4.68 Å². The van der Waals surface area contributed by atoms with E-state index in [1.54, 1.807) is 24.4 Å². The van der Waals surface area contributed by atoms with Crippen LogP contribution in [-0.2, 0) is 13.0 Å². The minimum Gasteiger partial charge on any atom is -0.349 e. The summed E-state index contributed by atoms with van der Waals surface area (Å²) in [6.45, 7) is 6.59. The molecule has 1 N–H and O–H groups in total. The number of nitro groups is 1. The number of benzene rings is 2. The molecular weight excluding hydrogens is 394 g/mol. The number of non-ortho nitro benzene ring substituents is 1. The number of carbonyl (C=O) groups is 1. The van der Waals surface area contributed by atoms with E-state index >= 15 is 0 Å². The number of aromatic nitrogens is 2. The van der Waals surface area contributed by atoms with Crippen molar-refractivity contribution in [2.75, 3.05) is 13.1 Å². The van der Waals surface area contributed by atoms with Crippen LogP contribution in [-0.4, -0.2) is 44.1 Å². The molecular formula is C23H25N5O3. The van der Waals surface area contributed by atoms with E-state index in [-0.39, 0.29) is 17.1 Å². The van der Waals surface area contributed by atoms with E-state index in [1.807, 2.05) is 0 Å². The lowest BCUT2D eigenvalue weighted by atomic mass is 9.94. The Hall–Kier alpha value is -3.52. The van der Waals surface area contributed by atoms with Crippen molar-refractivity contribution in [1.82, 2.24) is 20.0 Å². The zero-order valence-electron chi connectivity index (χ0n) is 17.6. The van der Waals surface area contributed by atoms with Gasteiger partial charge in [-0.3, -0.25) is 19.8 Å². The van der Waals surface area contributed by atoms with Crippen LogP contribution in [0.25, 0.3) is 5.69 Å². The molecule has 0 saturated heterocycles. The summed E-state index contributed by atoms with van der Waals surface area (Å²) in [6.07, 6.45) is 2.68. The normalized spacial score (nSPS) is 14.1. The number of nitro benzene ring substituents is 1. The van der Waals surface area contributed by atoms with Crippen molar-refractivity contribution in [3.8, 4) is 5.69 Å². The molecule has 1 aliphatic rings. The maximum atomic E-state index is 12.7. The Morgan fingerprint density at radius 1 is 1.13 bits per heavy atom. The molecule has 0 radical (unpaired) electrons. The molecule has 8 nitrogen and oxygen atoms in total. The quantitative estimate of drug-likeness (QED) is 0.489. The first-order valence-electron chi connectivity index (χ1n) is 10.2. The lowest BCUT2D eigenvalue weighted by Gasteiger charge is -2.41. The third-order valence-corrected chi connectivity index (χ3v) is 5.82. The summed E-state index contributed by atoms with van der Waals surface area (Å²) in [5.74, 6) is -0.244. The summed E-state index contributed by atoms with van der Waals surface area (Å²) >= 11 is 0. The molecule has 0 aliphatic carbocycles. The van der Waals surface area contributed by atoms with E-state index in [2.05, 4.69) is 53.4 Å². The number of nitrogens with one attached hydrogen (secondary N) is 1. The number of fused-ring (bicyclic) bond motifs is 1. The molecule has 2 heterocycles. The third-order valence-electron chi connectivity index (χ3n) is 5.82. The second-order valence-electron chi connectivity index (χ2n) is 8.35. The highest BCUT2D eigenvalue weighted by atomic mass is 16.6. The fourth-order valence-corrected chi connectivity index (χ4v) is 3.83. The Balaban J connectivity index is 1.38. The van der Waals surface area contributed by atoms with Crippen LogP contribution >= 0.6 is 0 Å². The van der Waals surface area contributed by atoms with Crippen LogP contribution < -0.4 is 5.32 Å². The van der Waals surface area contributed by atoms with E-state index in [9.17, 15) is 14.9 Å². The number of hydrogen-bond donors (Lipinski definition) is 1. The molecule has 2 aromatic carbocycles. The second-order valence-corrected chi connectivity index (χ2v) is 8.35. The number of nitrogens with zero attached hydrogens (tertiary/aromatic N) is 4. The molecule has 3 aromatic rings. The predicted octanol–water partition coefficient (Wildman–Crippen LogP) is 3.35. The summed E-state index contributed by atoms with van der Waals surface area (Å²) in [5, 5.41) is 18.1. The maximum absolute atomic E-state index is 12.7. The average molecular weight is 419 g/mol. The van der Waals surface area contributed by atoms with Crippen molar-refractivity contribution in [3.05, 3.63) is 87.7 Å². The Morgan fingerprint density at radius 2 is 1.84 bits per heavy atom. The van der Waals surface area contributed by atoms with Crippen LogP contribution in [0.1, 0.15) is 35.5 Å². The molecule has 1 amide bonds. The van der Waals surface area contributed by atoms with Crippen molar-refractivity contribution < 1.29 is 9.72 Å². The summed E-state index contributed by atoms with van der Waals surface area (Å²) in [5.41, 5.74) is 3.50. The van der Waals surface area contributed by atoms with Gasteiger partial charge < -0.3 is 5.32 Å². The summed E-state index contributed by atoms with van der Waals surface area (Å²) < 4.78 is 1.53. The maximum Gasteiger partial charge on any atom is 0.271 e. The molecule has 8 heteroatoms. The Morgan fingerprint density at radius 3 is 2.55 bits per heavy atom. The first-order chi connectivity index (χ1) is 14.8. The monoisotopic (exact) mass is 419 g/mol. The van der Waals surface area contributed by atoms with E-state index in [4.69, 9.17) is 0 Å². The van der Waals surface area contributed by atoms with Gasteiger partial charge in [0.05, 0.1) is 10.6 Å². The van der Waals surface area contributed by atoms with Crippen molar-refractivity contribution >= 4 is 11.6 Å². The highest BCUT2D eigenvalue weighted by Crippen LogP contribution is 2.25. The lowest BCUT2D eigenvalue weighted by Crippen LogP contribution is -2.53. The zero-order chi connectivity index (χ0) is 22.0. The van der Waals surface area contributed by atoms with Gasteiger partial charge >= 0.3 is 0 Å². The number of hydrogen-bond acceptors (Lipinski definition) is 5. The van der Waals surface area contributed by atoms with Crippen LogP contribution in [0, 0.1) is 10.1 Å². The van der Waals surface area contributed by atoms with Gasteiger partial charge in [0.15, 0.2) is 5.69 Å². The van der Waals surface area contributed by atoms with Gasteiger partial charge in [0.25, 0.3) is 11.6 Å². The van der Waals surface area contributed by atoms with E-state index in [1.165, 1.54) is 27.9 Å². The van der Waals surface area contributed by atoms with Crippen molar-refractivity contribution in [2.45, 2.75) is 32.4 Å². The molecule has 160 valence electrons. The molecule has 1 aliphatic heterocycles. The molecule has 4 rings (SSSR count). The van der Waals surface area contributed by atoms with Gasteiger partial charge in [-0.2, -0.15) is 5.10 Å². The van der Waals surface area contributed by atoms with Gasteiger partial charge in [0.2, 0.25) is 0 Å². The number of amides is 1. The highest BCUT2D eigenvalue weighted by molar-refractivity contribution is 5.92. The van der Waals surface area contributed by atoms with Crippen molar-refractivity contribution in [3.63, 3.8) is 0 Å². The van der Waals surface area contributed by atoms with Gasteiger partial charge in [-0.15, -0.1) is 0 Å². The fourth-order valence-electron chi connectivity index (χ4n) is 3.83. The minimum absolute atomic E-state index is 0.0106. The largest absolute Gasteiger partial charge is 0.349 e. The van der Waals surface area contributed by atoms with Crippen molar-refractivity contribution in [1.29, 1.82) is 0 Å². The molecule has 31 heavy (non-hydrogen) atoms. The SMILES string of the molecule is CC(C)(CNC(=O)c1ccn(-c2ccc([N+](=O)[O-])cc2)n1)N1CCc2ccccc2C1. The Bertz CT molecular complexity index is 1100. The Labute approximate surface area is 180 Å². The van der Waals surface area contributed by atoms with Gasteiger partial charge in [-0.05, 0) is 49.6 Å². The number of rotatable bonds is 6. The highest BCUT2D eigenvalue weighted by Gasteiger charge is 2.30. The van der Waals surface area contributed by atoms with Crippen molar-refractivity contribution in [2.24, 2.45) is 0 Å². The first kappa shape index (κ1) is 20.7. The Kier molecular flexibility index (Phi) is 5.56. The molecule has 0 bridgehead atoms. The molecule has 0 atom stereocenters. The summed E-state index contributed by atoms with van der Waals surface area (Å²) in [6, 6.07) is 16.2. The summed E-state index contributed by atoms with van der Waals surface area (Å²) in [7, 11) is 0. The lowest BCUT2D eigenvalue weighted by molar-refractivity contribution is -0.384. The molecule has 0 saturated carbocycles. The number of carbonyl (C=O) groups excluding carboxylic acids is 1. The van der Waals surface area contributed by atoms with Crippen LogP contribution in [0.5, 0.6) is 0 Å². The van der Waals surface area contributed by atoms with E-state index in [0.29, 0.717) is 17.9 Å². The molecule has 1 aromatic heterocycles. The van der Waals surface area contributed by atoms with E-state index in [0.717, 1.165) is 19.5 Å². The first-order valence-corrected chi connectivity index (χ1v) is 10.2. The minimum atomic E-state index is -0.450. The zero-order valence-corrected chi connectivity index (χ0v) is 17.6. The van der Waals surface area contributed by atoms with Crippen LogP contribution in [0.3, 0.4) is 0 Å². The molecule has 0 spiro atoms. The third kappa shape index (κ3) is 4.49. The van der Waals surface area contributed by atoms with Gasteiger partial charge in [0, 0.05) is 43.5 Å². The van der Waals surface area contributed by atoms with Crippen LogP contribution in [0.4, 0.5) is 5.69 Å². The predicted molar refractivity (Wildman–Crippen MR) is 117 cm³/mol. The van der Waals surface area contributed by atoms with Crippen LogP contribution in [0.2, 0.25) is 0 Å². The topological polar surface area (TPSA) is 93.3 Å². The second kappa shape index (κ2) is 8.31. The summed E-state index contributed by atoms with van der Waals surface area (Å²) in [4.78, 5) is 25.4. The van der Waals surface area contributed by atoms with Gasteiger partial charge in [0.1, 0.15) is 0 Å². The molecule has 0 fully saturated rings. The van der Waals surface area contributed by atoms with Gasteiger partial charge in [-0.1, -0.05) is 24.3 Å². The van der Waals surface area contributed by atoms with Crippen LogP contribution in [0.15, 0.2) is 60.8 Å². The molecule has 0 unspecified atom stereocenters. The smallest absolute Gasteiger partial charge is 0.271 e. The standard InChI is InChI=1S/C23H25N5O3/c1-23(2,26-13-11-17-5-3-4-6-18(17)15-26)16-24-22(29)21-12-14-27(25-21)19-7-9-20(10-8-19)28(30)31/h3-10,12,14H,11,13,15-16H2,1-2H3,(H,24,29). The van der Waals surface area contributed by atoms with E-state index < -0.39 is 4.92 Å².